The van der Waals surface area contributed by atoms with E-state index < -0.39 is 18.1 Å². The van der Waals surface area contributed by atoms with Crippen LogP contribution in [-0.4, -0.2) is 45.1 Å². The number of rotatable bonds is 4. The first-order valence-electron chi connectivity index (χ1n) is 5.82. The molecule has 98 valence electrons. The van der Waals surface area contributed by atoms with Gasteiger partial charge in [-0.15, -0.1) is 11.8 Å². The van der Waals surface area contributed by atoms with Crippen molar-refractivity contribution in [3.63, 3.8) is 0 Å². The fraction of sp³-hybridized carbons (Fsp3) is 0.818. The van der Waals surface area contributed by atoms with Gasteiger partial charge in [0.2, 0.25) is 5.91 Å². The van der Waals surface area contributed by atoms with E-state index in [2.05, 4.69) is 0 Å². The van der Waals surface area contributed by atoms with Crippen LogP contribution in [0.2, 0.25) is 0 Å². The normalized spacial score (nSPS) is 26.3. The summed E-state index contributed by atoms with van der Waals surface area (Å²) in [7, 11) is 0. The molecular formula is C11H20N2O3S. The predicted molar refractivity (Wildman–Crippen MR) is 67.6 cm³/mol. The van der Waals surface area contributed by atoms with Gasteiger partial charge in [0, 0.05) is 5.75 Å². The molecule has 1 amide bonds. The van der Waals surface area contributed by atoms with Gasteiger partial charge in [-0.25, -0.2) is 4.79 Å². The van der Waals surface area contributed by atoms with Gasteiger partial charge < -0.3 is 15.7 Å². The van der Waals surface area contributed by atoms with Crippen LogP contribution in [0.5, 0.6) is 0 Å². The van der Waals surface area contributed by atoms with Crippen molar-refractivity contribution in [3.05, 3.63) is 0 Å². The molecule has 0 spiro atoms. The second kappa shape index (κ2) is 5.73. The highest BCUT2D eigenvalue weighted by Gasteiger charge is 2.42. The van der Waals surface area contributed by atoms with Crippen LogP contribution in [0, 0.1) is 5.92 Å². The fourth-order valence-corrected chi connectivity index (χ4v) is 3.18. The molecule has 0 aliphatic carbocycles. The van der Waals surface area contributed by atoms with E-state index >= 15 is 0 Å². The number of aliphatic carboxylic acids is 1. The van der Waals surface area contributed by atoms with Gasteiger partial charge >= 0.3 is 5.97 Å². The third-order valence-electron chi connectivity index (χ3n) is 2.98. The molecule has 1 fully saturated rings. The van der Waals surface area contributed by atoms with E-state index in [9.17, 15) is 9.59 Å². The number of hydrogen-bond acceptors (Lipinski definition) is 4. The Balaban J connectivity index is 2.88. The summed E-state index contributed by atoms with van der Waals surface area (Å²) in [6.45, 7) is 5.67. The summed E-state index contributed by atoms with van der Waals surface area (Å²) in [6.07, 6.45) is 0.741. The Hall–Kier alpha value is -0.750. The second-order valence-corrected chi connectivity index (χ2v) is 5.78. The van der Waals surface area contributed by atoms with Crippen LogP contribution >= 0.6 is 11.8 Å². The third kappa shape index (κ3) is 2.93. The van der Waals surface area contributed by atoms with Crippen molar-refractivity contribution < 1.29 is 14.7 Å². The largest absolute Gasteiger partial charge is 0.480 e. The van der Waals surface area contributed by atoms with E-state index in [1.807, 2.05) is 20.8 Å². The topological polar surface area (TPSA) is 83.6 Å². The third-order valence-corrected chi connectivity index (χ3v) is 4.44. The minimum atomic E-state index is -0.947. The molecule has 6 heteroatoms. The molecule has 0 saturated carbocycles. The zero-order valence-electron chi connectivity index (χ0n) is 10.4. The minimum absolute atomic E-state index is 0.0139. The molecule has 0 aromatic carbocycles. The van der Waals surface area contributed by atoms with Gasteiger partial charge in [-0.1, -0.05) is 20.8 Å². The van der Waals surface area contributed by atoms with Crippen molar-refractivity contribution in [1.29, 1.82) is 0 Å². The fourth-order valence-electron chi connectivity index (χ4n) is 1.82. The number of nitrogens with two attached hydrogens (primary N) is 1. The molecule has 5 nitrogen and oxygen atoms in total. The highest BCUT2D eigenvalue weighted by atomic mass is 32.2. The maximum Gasteiger partial charge on any atom is 0.327 e. The molecule has 1 rings (SSSR count). The Kier molecular flexibility index (Phi) is 4.82. The number of amides is 1. The van der Waals surface area contributed by atoms with Crippen LogP contribution in [-0.2, 0) is 9.59 Å². The molecule has 17 heavy (non-hydrogen) atoms. The molecule has 1 aliphatic heterocycles. The van der Waals surface area contributed by atoms with Crippen molar-refractivity contribution in [2.24, 2.45) is 11.7 Å². The number of carboxylic acid groups (broad SMARTS) is 1. The molecule has 1 aliphatic rings. The Bertz CT molecular complexity index is 309. The smallest absolute Gasteiger partial charge is 0.327 e. The Morgan fingerprint density at radius 1 is 1.53 bits per heavy atom. The maximum absolute atomic E-state index is 12.2. The average Bonchev–Trinajstić information content (AvgIpc) is 2.70. The molecule has 0 aromatic heterocycles. The number of nitrogens with zero attached hydrogens (tertiary/aromatic N) is 1. The van der Waals surface area contributed by atoms with Gasteiger partial charge in [-0.05, 0) is 12.3 Å². The molecule has 2 unspecified atom stereocenters. The van der Waals surface area contributed by atoms with Gasteiger partial charge in [0.05, 0.1) is 11.4 Å². The first-order valence-corrected chi connectivity index (χ1v) is 6.87. The van der Waals surface area contributed by atoms with Crippen LogP contribution in [0.3, 0.4) is 0 Å². The SMILES string of the molecule is CCC1SCC(C(=O)O)N1C(=O)[C@@H](N)C(C)C. The summed E-state index contributed by atoms with van der Waals surface area (Å²) in [5.74, 6) is -0.730. The monoisotopic (exact) mass is 260 g/mol. The minimum Gasteiger partial charge on any atom is -0.480 e. The number of carbonyl (C=O) groups is 2. The van der Waals surface area contributed by atoms with E-state index in [1.165, 1.54) is 16.7 Å². The molecule has 3 N–H and O–H groups in total. The van der Waals surface area contributed by atoms with Crippen LogP contribution in [0.25, 0.3) is 0 Å². The maximum atomic E-state index is 12.2. The number of thioether (sulfide) groups is 1. The van der Waals surface area contributed by atoms with Crippen LogP contribution in [0.1, 0.15) is 27.2 Å². The summed E-state index contributed by atoms with van der Waals surface area (Å²) in [4.78, 5) is 24.8. The van der Waals surface area contributed by atoms with E-state index in [1.54, 1.807) is 0 Å². The Morgan fingerprint density at radius 2 is 2.12 bits per heavy atom. The van der Waals surface area contributed by atoms with Gasteiger partial charge in [-0.3, -0.25) is 4.79 Å². The number of carboxylic acids is 1. The van der Waals surface area contributed by atoms with Crippen molar-refractivity contribution in [2.75, 3.05) is 5.75 Å². The van der Waals surface area contributed by atoms with E-state index in [0.717, 1.165) is 6.42 Å². The van der Waals surface area contributed by atoms with E-state index in [4.69, 9.17) is 10.8 Å². The van der Waals surface area contributed by atoms with Crippen molar-refractivity contribution in [3.8, 4) is 0 Å². The lowest BCUT2D eigenvalue weighted by atomic mass is 10.0. The lowest BCUT2D eigenvalue weighted by Gasteiger charge is -2.30. The first-order chi connectivity index (χ1) is 7.90. The quantitative estimate of drug-likeness (QED) is 0.778. The summed E-state index contributed by atoms with van der Waals surface area (Å²) >= 11 is 1.51. The molecule has 0 bridgehead atoms. The van der Waals surface area contributed by atoms with Crippen LogP contribution in [0.4, 0.5) is 0 Å². The summed E-state index contributed by atoms with van der Waals surface area (Å²) < 4.78 is 0. The molecule has 3 atom stereocenters. The molecule has 1 heterocycles. The number of hydrogen-bond donors (Lipinski definition) is 2. The highest BCUT2D eigenvalue weighted by Crippen LogP contribution is 2.32. The van der Waals surface area contributed by atoms with Gasteiger partial charge in [0.1, 0.15) is 6.04 Å². The zero-order chi connectivity index (χ0) is 13.2. The average molecular weight is 260 g/mol. The lowest BCUT2D eigenvalue weighted by Crippen LogP contribution is -2.53. The molecule has 1 saturated heterocycles. The molecular weight excluding hydrogens is 240 g/mol. The van der Waals surface area contributed by atoms with Gasteiger partial charge in [0.25, 0.3) is 0 Å². The van der Waals surface area contributed by atoms with Crippen molar-refractivity contribution >= 4 is 23.6 Å². The van der Waals surface area contributed by atoms with Crippen LogP contribution in [0.15, 0.2) is 0 Å². The zero-order valence-corrected chi connectivity index (χ0v) is 11.2. The highest BCUT2D eigenvalue weighted by molar-refractivity contribution is 8.00. The summed E-state index contributed by atoms with van der Waals surface area (Å²) in [6, 6.07) is -1.35. The van der Waals surface area contributed by atoms with Gasteiger partial charge in [0.15, 0.2) is 0 Å². The lowest BCUT2D eigenvalue weighted by molar-refractivity contribution is -0.150. The Labute approximate surface area is 106 Å². The number of carbonyl (C=O) groups excluding carboxylic acids is 1. The van der Waals surface area contributed by atoms with E-state index in [-0.39, 0.29) is 17.2 Å². The first kappa shape index (κ1) is 14.3. The van der Waals surface area contributed by atoms with Crippen molar-refractivity contribution in [1.82, 2.24) is 4.90 Å². The van der Waals surface area contributed by atoms with Gasteiger partial charge in [-0.2, -0.15) is 0 Å². The predicted octanol–water partition coefficient (Wildman–Crippen LogP) is 0.734. The summed E-state index contributed by atoms with van der Waals surface area (Å²) in [5.41, 5.74) is 5.83. The van der Waals surface area contributed by atoms with Crippen LogP contribution < -0.4 is 5.73 Å². The Morgan fingerprint density at radius 3 is 2.53 bits per heavy atom. The van der Waals surface area contributed by atoms with E-state index in [0.29, 0.717) is 5.75 Å². The summed E-state index contributed by atoms with van der Waals surface area (Å²) in [5, 5.41) is 9.06. The second-order valence-electron chi connectivity index (χ2n) is 4.57. The van der Waals surface area contributed by atoms with Crippen molar-refractivity contribution in [2.45, 2.75) is 44.6 Å². The molecule has 0 radical (unpaired) electrons. The molecule has 0 aromatic rings. The standard InChI is InChI=1S/C11H20N2O3S/c1-4-8-13(7(5-17-8)11(15)16)10(14)9(12)6(2)3/h6-9H,4-5,12H2,1-3H3,(H,15,16)/t7?,8?,9-/m0/s1.